The standard InChI is InChI=1S/C19H22N2O5S/c1-13(18(23)21(2)3)26-19(24)15-8-4-5-9-16(15)27-12-17(22)20-11-14-7-6-10-25-14/h4-10,13H,11-12H2,1-3H3,(H,20,22)/t13-/m0/s1. The van der Waals surface area contributed by atoms with Crippen molar-refractivity contribution in [3.05, 3.63) is 54.0 Å². The molecule has 0 aliphatic heterocycles. The van der Waals surface area contributed by atoms with E-state index in [1.54, 1.807) is 56.8 Å². The van der Waals surface area contributed by atoms with Crippen LogP contribution >= 0.6 is 11.8 Å². The van der Waals surface area contributed by atoms with E-state index in [9.17, 15) is 14.4 Å². The molecule has 0 bridgehead atoms. The van der Waals surface area contributed by atoms with Crippen molar-refractivity contribution in [1.82, 2.24) is 10.2 Å². The number of nitrogens with one attached hydrogen (secondary N) is 1. The molecule has 2 amide bonds. The number of ether oxygens (including phenoxy) is 1. The Labute approximate surface area is 162 Å². The number of esters is 1. The Bertz CT molecular complexity index is 789. The second kappa shape index (κ2) is 9.82. The number of thioether (sulfide) groups is 1. The Hall–Kier alpha value is -2.74. The van der Waals surface area contributed by atoms with Crippen LogP contribution in [0.25, 0.3) is 0 Å². The highest BCUT2D eigenvalue weighted by molar-refractivity contribution is 8.00. The van der Waals surface area contributed by atoms with E-state index in [4.69, 9.17) is 9.15 Å². The van der Waals surface area contributed by atoms with Crippen molar-refractivity contribution >= 4 is 29.5 Å². The monoisotopic (exact) mass is 390 g/mol. The Balaban J connectivity index is 1.93. The number of furan rings is 1. The van der Waals surface area contributed by atoms with Crippen molar-refractivity contribution in [2.45, 2.75) is 24.5 Å². The van der Waals surface area contributed by atoms with Crippen molar-refractivity contribution in [2.75, 3.05) is 19.8 Å². The van der Waals surface area contributed by atoms with E-state index >= 15 is 0 Å². The van der Waals surface area contributed by atoms with E-state index in [0.717, 1.165) is 0 Å². The average molecular weight is 390 g/mol. The van der Waals surface area contributed by atoms with Crippen molar-refractivity contribution in [1.29, 1.82) is 0 Å². The molecule has 1 atom stereocenters. The Morgan fingerprint density at radius 2 is 1.93 bits per heavy atom. The van der Waals surface area contributed by atoms with Gasteiger partial charge in [-0.25, -0.2) is 4.79 Å². The van der Waals surface area contributed by atoms with Crippen LogP contribution in [0.5, 0.6) is 0 Å². The molecule has 0 saturated heterocycles. The lowest BCUT2D eigenvalue weighted by Gasteiger charge is -2.18. The minimum absolute atomic E-state index is 0.136. The summed E-state index contributed by atoms with van der Waals surface area (Å²) in [6.07, 6.45) is 0.655. The molecule has 0 saturated carbocycles. The van der Waals surface area contributed by atoms with Crippen molar-refractivity contribution in [3.8, 4) is 0 Å². The molecule has 0 radical (unpaired) electrons. The third-order valence-electron chi connectivity index (χ3n) is 3.58. The lowest BCUT2D eigenvalue weighted by molar-refractivity contribution is -0.137. The van der Waals surface area contributed by atoms with Gasteiger partial charge in [0.2, 0.25) is 5.91 Å². The third kappa shape index (κ3) is 6.18. The van der Waals surface area contributed by atoms with E-state index in [1.165, 1.54) is 23.6 Å². The third-order valence-corrected chi connectivity index (χ3v) is 4.65. The fourth-order valence-electron chi connectivity index (χ4n) is 2.19. The summed E-state index contributed by atoms with van der Waals surface area (Å²) >= 11 is 1.22. The van der Waals surface area contributed by atoms with Gasteiger partial charge < -0.3 is 19.4 Å². The van der Waals surface area contributed by atoms with Gasteiger partial charge in [0.1, 0.15) is 5.76 Å². The van der Waals surface area contributed by atoms with Crippen LogP contribution in [0, 0.1) is 0 Å². The molecule has 144 valence electrons. The summed E-state index contributed by atoms with van der Waals surface area (Å²) in [5, 5.41) is 2.74. The molecule has 0 fully saturated rings. The zero-order valence-electron chi connectivity index (χ0n) is 15.4. The largest absolute Gasteiger partial charge is 0.467 e. The predicted octanol–water partition coefficient (Wildman–Crippen LogP) is 2.32. The van der Waals surface area contributed by atoms with Gasteiger partial charge in [-0.15, -0.1) is 11.8 Å². The van der Waals surface area contributed by atoms with Crippen molar-refractivity contribution < 1.29 is 23.5 Å². The lowest BCUT2D eigenvalue weighted by Crippen LogP contribution is -2.35. The summed E-state index contributed by atoms with van der Waals surface area (Å²) < 4.78 is 10.4. The van der Waals surface area contributed by atoms with Gasteiger partial charge in [-0.1, -0.05) is 12.1 Å². The average Bonchev–Trinajstić information content (AvgIpc) is 3.17. The van der Waals surface area contributed by atoms with Gasteiger partial charge >= 0.3 is 5.97 Å². The van der Waals surface area contributed by atoms with Gasteiger partial charge in [0.05, 0.1) is 24.1 Å². The summed E-state index contributed by atoms with van der Waals surface area (Å²) in [7, 11) is 3.19. The molecule has 7 nitrogen and oxygen atoms in total. The van der Waals surface area contributed by atoms with Crippen LogP contribution in [0.4, 0.5) is 0 Å². The molecule has 0 aliphatic carbocycles. The number of amides is 2. The Morgan fingerprint density at radius 1 is 1.19 bits per heavy atom. The fourth-order valence-corrected chi connectivity index (χ4v) is 3.06. The minimum Gasteiger partial charge on any atom is -0.467 e. The van der Waals surface area contributed by atoms with Gasteiger partial charge in [-0.2, -0.15) is 0 Å². The van der Waals surface area contributed by atoms with Gasteiger partial charge in [0.15, 0.2) is 6.10 Å². The number of carbonyl (C=O) groups is 3. The van der Waals surface area contributed by atoms with Gasteiger partial charge in [-0.3, -0.25) is 9.59 Å². The second-order valence-electron chi connectivity index (χ2n) is 5.92. The number of nitrogens with zero attached hydrogens (tertiary/aromatic N) is 1. The summed E-state index contributed by atoms with van der Waals surface area (Å²) in [4.78, 5) is 38.2. The first kappa shape index (κ1) is 20.6. The second-order valence-corrected chi connectivity index (χ2v) is 6.94. The maximum atomic E-state index is 12.4. The number of likely N-dealkylation sites (N-methyl/N-ethyl adjacent to an activating group) is 1. The molecule has 1 N–H and O–H groups in total. The van der Waals surface area contributed by atoms with Crippen LogP contribution in [0.15, 0.2) is 52.0 Å². The van der Waals surface area contributed by atoms with E-state index in [-0.39, 0.29) is 17.6 Å². The van der Waals surface area contributed by atoms with Crippen molar-refractivity contribution in [2.24, 2.45) is 0 Å². The molecular formula is C19H22N2O5S. The molecule has 0 unspecified atom stereocenters. The zero-order chi connectivity index (χ0) is 19.8. The van der Waals surface area contributed by atoms with E-state index in [1.807, 2.05) is 0 Å². The number of rotatable bonds is 8. The van der Waals surface area contributed by atoms with Crippen LogP contribution in [0.2, 0.25) is 0 Å². The van der Waals surface area contributed by atoms with Crippen LogP contribution in [0.1, 0.15) is 23.0 Å². The van der Waals surface area contributed by atoms with Gasteiger partial charge in [-0.05, 0) is 31.2 Å². The quantitative estimate of drug-likeness (QED) is 0.550. The minimum atomic E-state index is -0.887. The van der Waals surface area contributed by atoms with Gasteiger partial charge in [0, 0.05) is 19.0 Å². The van der Waals surface area contributed by atoms with Crippen LogP contribution in [-0.4, -0.2) is 48.6 Å². The van der Waals surface area contributed by atoms with Crippen LogP contribution < -0.4 is 5.32 Å². The lowest BCUT2D eigenvalue weighted by atomic mass is 10.2. The molecule has 8 heteroatoms. The summed E-state index contributed by atoms with van der Waals surface area (Å²) in [5.41, 5.74) is 0.319. The van der Waals surface area contributed by atoms with Crippen LogP contribution in [0.3, 0.4) is 0 Å². The predicted molar refractivity (Wildman–Crippen MR) is 101 cm³/mol. The summed E-state index contributed by atoms with van der Waals surface area (Å²) in [6, 6.07) is 10.3. The van der Waals surface area contributed by atoms with E-state index < -0.39 is 12.1 Å². The molecule has 0 aliphatic rings. The maximum absolute atomic E-state index is 12.4. The van der Waals surface area contributed by atoms with Crippen molar-refractivity contribution in [3.63, 3.8) is 0 Å². The SMILES string of the molecule is C[C@H](OC(=O)c1ccccc1SCC(=O)NCc1ccco1)C(=O)N(C)C. The highest BCUT2D eigenvalue weighted by Crippen LogP contribution is 2.23. The first-order valence-electron chi connectivity index (χ1n) is 8.31. The molecule has 2 aromatic rings. The highest BCUT2D eigenvalue weighted by Gasteiger charge is 2.22. The first-order valence-corrected chi connectivity index (χ1v) is 9.30. The topological polar surface area (TPSA) is 88.9 Å². The molecule has 0 spiro atoms. The molecule has 1 heterocycles. The number of carbonyl (C=O) groups excluding carboxylic acids is 3. The normalized spacial score (nSPS) is 11.5. The van der Waals surface area contributed by atoms with E-state index in [0.29, 0.717) is 22.8 Å². The Kier molecular flexibility index (Phi) is 7.48. The fraction of sp³-hybridized carbons (Fsp3) is 0.316. The summed E-state index contributed by atoms with van der Waals surface area (Å²) in [6.45, 7) is 1.83. The summed E-state index contributed by atoms with van der Waals surface area (Å²) in [5.74, 6) is -0.285. The molecule has 27 heavy (non-hydrogen) atoms. The number of hydrogen-bond acceptors (Lipinski definition) is 6. The van der Waals surface area contributed by atoms with E-state index in [2.05, 4.69) is 5.32 Å². The number of benzene rings is 1. The zero-order valence-corrected chi connectivity index (χ0v) is 16.2. The smallest absolute Gasteiger partial charge is 0.340 e. The molecule has 2 rings (SSSR count). The molecule has 1 aromatic carbocycles. The first-order chi connectivity index (χ1) is 12.9. The van der Waals surface area contributed by atoms with Crippen LogP contribution in [-0.2, 0) is 20.9 Å². The molecule has 1 aromatic heterocycles. The number of hydrogen-bond donors (Lipinski definition) is 1. The van der Waals surface area contributed by atoms with Gasteiger partial charge in [0.25, 0.3) is 5.91 Å². The maximum Gasteiger partial charge on any atom is 0.340 e. The highest BCUT2D eigenvalue weighted by atomic mass is 32.2. The Morgan fingerprint density at radius 3 is 2.59 bits per heavy atom. The molecular weight excluding hydrogens is 368 g/mol.